The van der Waals surface area contributed by atoms with Gasteiger partial charge in [0, 0.05) is 53.0 Å². The SMILES string of the molecule is Fc1ccc(N2CCN(Cc3ccc(-c4cccs4)s3)CC2)cc1. The third-order valence-electron chi connectivity index (χ3n) is 4.37. The van der Waals surface area contributed by atoms with Crippen molar-refractivity contribution in [1.82, 2.24) is 4.90 Å². The number of thiophene rings is 2. The zero-order valence-corrected chi connectivity index (χ0v) is 15.0. The summed E-state index contributed by atoms with van der Waals surface area (Å²) in [6.07, 6.45) is 0. The van der Waals surface area contributed by atoms with Gasteiger partial charge in [0.25, 0.3) is 0 Å². The average molecular weight is 359 g/mol. The Kier molecular flexibility index (Phi) is 4.65. The highest BCUT2D eigenvalue weighted by molar-refractivity contribution is 7.21. The monoisotopic (exact) mass is 358 g/mol. The first-order valence-electron chi connectivity index (χ1n) is 8.13. The van der Waals surface area contributed by atoms with Crippen molar-refractivity contribution in [1.29, 1.82) is 0 Å². The van der Waals surface area contributed by atoms with Gasteiger partial charge in [0.2, 0.25) is 0 Å². The Labute approximate surface area is 149 Å². The molecule has 4 rings (SSSR count). The van der Waals surface area contributed by atoms with Gasteiger partial charge in [-0.3, -0.25) is 4.90 Å². The normalized spacial score (nSPS) is 15.8. The molecular weight excluding hydrogens is 339 g/mol. The molecule has 0 N–H and O–H groups in total. The van der Waals surface area contributed by atoms with Crippen LogP contribution in [-0.4, -0.2) is 31.1 Å². The molecule has 1 aromatic carbocycles. The van der Waals surface area contributed by atoms with Crippen LogP contribution in [0.15, 0.2) is 53.9 Å². The van der Waals surface area contributed by atoms with E-state index in [-0.39, 0.29) is 5.82 Å². The summed E-state index contributed by atoms with van der Waals surface area (Å²) in [5.41, 5.74) is 1.12. The number of nitrogens with zero attached hydrogens (tertiary/aromatic N) is 2. The summed E-state index contributed by atoms with van der Waals surface area (Å²) in [4.78, 5) is 8.98. The van der Waals surface area contributed by atoms with E-state index >= 15 is 0 Å². The standard InChI is InChI=1S/C19H19FN2S2/c20-15-3-5-16(6-4-15)22-11-9-21(10-12-22)14-17-7-8-19(24-17)18-2-1-13-23-18/h1-8,13H,9-12,14H2. The van der Waals surface area contributed by atoms with Gasteiger partial charge in [-0.05, 0) is 47.8 Å². The van der Waals surface area contributed by atoms with E-state index in [4.69, 9.17) is 0 Å². The summed E-state index contributed by atoms with van der Waals surface area (Å²) in [6, 6.07) is 15.6. The van der Waals surface area contributed by atoms with Gasteiger partial charge in [-0.1, -0.05) is 6.07 Å². The van der Waals surface area contributed by atoms with Crippen molar-refractivity contribution in [2.75, 3.05) is 31.1 Å². The van der Waals surface area contributed by atoms with Crippen LogP contribution in [0.25, 0.3) is 9.75 Å². The fourth-order valence-corrected chi connectivity index (χ4v) is 4.94. The topological polar surface area (TPSA) is 6.48 Å². The number of rotatable bonds is 4. The van der Waals surface area contributed by atoms with Gasteiger partial charge in [-0.2, -0.15) is 0 Å². The predicted octanol–water partition coefficient (Wildman–Crippen LogP) is 4.94. The van der Waals surface area contributed by atoms with Crippen molar-refractivity contribution >= 4 is 28.4 Å². The van der Waals surface area contributed by atoms with E-state index in [2.05, 4.69) is 39.4 Å². The second-order valence-electron chi connectivity index (χ2n) is 5.98. The molecule has 0 spiro atoms. The number of hydrogen-bond acceptors (Lipinski definition) is 4. The fraction of sp³-hybridized carbons (Fsp3) is 0.263. The molecular formula is C19H19FN2S2. The van der Waals surface area contributed by atoms with Crippen molar-refractivity contribution in [2.45, 2.75) is 6.54 Å². The molecule has 3 aromatic rings. The Morgan fingerprint density at radius 3 is 2.38 bits per heavy atom. The highest BCUT2D eigenvalue weighted by atomic mass is 32.1. The second kappa shape index (κ2) is 7.05. The van der Waals surface area contributed by atoms with Crippen LogP contribution in [0, 0.1) is 5.82 Å². The van der Waals surface area contributed by atoms with E-state index in [0.717, 1.165) is 38.4 Å². The minimum Gasteiger partial charge on any atom is -0.369 e. The molecule has 2 nitrogen and oxygen atoms in total. The molecule has 0 aliphatic carbocycles. The number of hydrogen-bond donors (Lipinski definition) is 0. The Morgan fingerprint density at radius 1 is 0.875 bits per heavy atom. The quantitative estimate of drug-likeness (QED) is 0.652. The first-order chi connectivity index (χ1) is 11.8. The van der Waals surface area contributed by atoms with E-state index in [0.29, 0.717) is 0 Å². The second-order valence-corrected chi connectivity index (χ2v) is 8.10. The van der Waals surface area contributed by atoms with E-state index in [1.54, 1.807) is 23.5 Å². The summed E-state index contributed by atoms with van der Waals surface area (Å²) in [6.45, 7) is 5.10. The summed E-state index contributed by atoms with van der Waals surface area (Å²) in [7, 11) is 0. The van der Waals surface area contributed by atoms with Crippen molar-refractivity contribution in [2.24, 2.45) is 0 Å². The van der Waals surface area contributed by atoms with Crippen molar-refractivity contribution in [3.63, 3.8) is 0 Å². The Morgan fingerprint density at radius 2 is 1.67 bits per heavy atom. The molecule has 1 aliphatic heterocycles. The molecule has 0 amide bonds. The van der Waals surface area contributed by atoms with Gasteiger partial charge >= 0.3 is 0 Å². The molecule has 1 saturated heterocycles. The summed E-state index contributed by atoms with van der Waals surface area (Å²) in [5, 5.41) is 2.13. The zero-order chi connectivity index (χ0) is 16.4. The van der Waals surface area contributed by atoms with Gasteiger partial charge in [0.05, 0.1) is 0 Å². The number of piperazine rings is 1. The highest BCUT2D eigenvalue weighted by Gasteiger charge is 2.18. The Bertz CT molecular complexity index is 772. The fourth-order valence-electron chi connectivity index (χ4n) is 3.05. The third kappa shape index (κ3) is 3.53. The van der Waals surface area contributed by atoms with Crippen LogP contribution in [0.1, 0.15) is 4.88 Å². The molecule has 5 heteroatoms. The lowest BCUT2D eigenvalue weighted by molar-refractivity contribution is 0.252. The maximum Gasteiger partial charge on any atom is 0.123 e. The van der Waals surface area contributed by atoms with E-state index in [1.807, 2.05) is 23.5 Å². The van der Waals surface area contributed by atoms with Crippen LogP contribution in [0.3, 0.4) is 0 Å². The first kappa shape index (κ1) is 15.8. The zero-order valence-electron chi connectivity index (χ0n) is 13.3. The minimum absolute atomic E-state index is 0.170. The number of benzene rings is 1. The molecule has 24 heavy (non-hydrogen) atoms. The molecule has 0 unspecified atom stereocenters. The Balaban J connectivity index is 1.34. The first-order valence-corrected chi connectivity index (χ1v) is 9.83. The average Bonchev–Trinajstić information content (AvgIpc) is 3.28. The lowest BCUT2D eigenvalue weighted by atomic mass is 10.2. The predicted molar refractivity (Wildman–Crippen MR) is 102 cm³/mol. The van der Waals surface area contributed by atoms with Gasteiger partial charge in [0.1, 0.15) is 5.82 Å². The summed E-state index contributed by atoms with van der Waals surface area (Å²) in [5.74, 6) is -0.170. The smallest absolute Gasteiger partial charge is 0.123 e. The lowest BCUT2D eigenvalue weighted by Crippen LogP contribution is -2.45. The van der Waals surface area contributed by atoms with Crippen LogP contribution in [0.2, 0.25) is 0 Å². The molecule has 2 aromatic heterocycles. The third-order valence-corrected chi connectivity index (χ3v) is 6.50. The minimum atomic E-state index is -0.170. The largest absolute Gasteiger partial charge is 0.369 e. The maximum atomic E-state index is 13.0. The Hall–Kier alpha value is -1.69. The molecule has 0 atom stereocenters. The van der Waals surface area contributed by atoms with Crippen LogP contribution in [0.4, 0.5) is 10.1 Å². The molecule has 1 fully saturated rings. The van der Waals surface area contributed by atoms with Crippen LogP contribution >= 0.6 is 22.7 Å². The van der Waals surface area contributed by atoms with E-state index in [1.165, 1.54) is 14.6 Å². The van der Waals surface area contributed by atoms with E-state index < -0.39 is 0 Å². The molecule has 3 heterocycles. The van der Waals surface area contributed by atoms with Crippen LogP contribution < -0.4 is 4.90 Å². The van der Waals surface area contributed by atoms with Gasteiger partial charge in [-0.15, -0.1) is 22.7 Å². The summed E-state index contributed by atoms with van der Waals surface area (Å²) < 4.78 is 13.0. The van der Waals surface area contributed by atoms with Gasteiger partial charge in [-0.25, -0.2) is 4.39 Å². The van der Waals surface area contributed by atoms with Crippen molar-refractivity contribution < 1.29 is 4.39 Å². The molecule has 0 bridgehead atoms. The van der Waals surface area contributed by atoms with Gasteiger partial charge in [0.15, 0.2) is 0 Å². The lowest BCUT2D eigenvalue weighted by Gasteiger charge is -2.35. The molecule has 0 saturated carbocycles. The number of halogens is 1. The number of anilines is 1. The van der Waals surface area contributed by atoms with Crippen LogP contribution in [-0.2, 0) is 6.54 Å². The summed E-state index contributed by atoms with van der Waals surface area (Å²) >= 11 is 3.69. The van der Waals surface area contributed by atoms with Crippen LogP contribution in [0.5, 0.6) is 0 Å². The van der Waals surface area contributed by atoms with Gasteiger partial charge < -0.3 is 4.90 Å². The van der Waals surface area contributed by atoms with Crippen molar-refractivity contribution in [3.8, 4) is 9.75 Å². The molecule has 1 aliphatic rings. The highest BCUT2D eigenvalue weighted by Crippen LogP contribution is 2.32. The molecule has 124 valence electrons. The van der Waals surface area contributed by atoms with Crippen molar-refractivity contribution in [3.05, 3.63) is 64.6 Å². The van der Waals surface area contributed by atoms with E-state index in [9.17, 15) is 4.39 Å². The molecule has 0 radical (unpaired) electrons. The maximum absolute atomic E-state index is 13.0.